The highest BCUT2D eigenvalue weighted by Gasteiger charge is 2.26. The molecule has 0 atom stereocenters. The molecule has 1 fully saturated rings. The third-order valence-electron chi connectivity index (χ3n) is 5.67. The highest BCUT2D eigenvalue weighted by molar-refractivity contribution is 7.19. The van der Waals surface area contributed by atoms with Crippen molar-refractivity contribution in [2.75, 3.05) is 11.9 Å². The summed E-state index contributed by atoms with van der Waals surface area (Å²) in [5.41, 5.74) is 2.58. The Bertz CT molecular complexity index is 1100. The van der Waals surface area contributed by atoms with Crippen molar-refractivity contribution in [2.24, 2.45) is 0 Å². The lowest BCUT2D eigenvalue weighted by Gasteiger charge is -2.22. The molecule has 1 aliphatic rings. The van der Waals surface area contributed by atoms with Gasteiger partial charge in [0.15, 0.2) is 11.6 Å². The Morgan fingerprint density at radius 3 is 2.66 bits per heavy atom. The third kappa shape index (κ3) is 3.42. The number of anilines is 1. The van der Waals surface area contributed by atoms with E-state index in [-0.39, 0.29) is 0 Å². The maximum atomic E-state index is 4.94. The topological polar surface area (TPSA) is 66.5 Å². The quantitative estimate of drug-likeness (QED) is 0.415. The minimum absolute atomic E-state index is 0.611. The lowest BCUT2D eigenvalue weighted by molar-refractivity contribution is 0.449. The minimum Gasteiger partial charge on any atom is -0.370 e. The van der Waals surface area contributed by atoms with Crippen LogP contribution in [0.3, 0.4) is 0 Å². The summed E-state index contributed by atoms with van der Waals surface area (Å²) < 4.78 is 0. The van der Waals surface area contributed by atoms with Gasteiger partial charge >= 0.3 is 0 Å². The molecule has 0 aliphatic heterocycles. The predicted octanol–water partition coefficient (Wildman–Crippen LogP) is 6.23. The fourth-order valence-corrected chi connectivity index (χ4v) is 5.72. The second kappa shape index (κ2) is 7.95. The van der Waals surface area contributed by atoms with Gasteiger partial charge in [-0.25, -0.2) is 15.0 Å². The van der Waals surface area contributed by atoms with E-state index in [9.17, 15) is 0 Å². The Balaban J connectivity index is 1.78. The van der Waals surface area contributed by atoms with Crippen LogP contribution in [0, 0.1) is 0 Å². The first-order chi connectivity index (χ1) is 14.3. The van der Waals surface area contributed by atoms with Gasteiger partial charge in [0.1, 0.15) is 10.6 Å². The molecule has 0 saturated heterocycles. The van der Waals surface area contributed by atoms with Gasteiger partial charge in [0.2, 0.25) is 0 Å². The maximum absolute atomic E-state index is 4.94. The number of nitrogens with one attached hydrogen (secondary N) is 2. The van der Waals surface area contributed by atoms with E-state index >= 15 is 0 Å². The molecular formula is C23H25N5S. The molecule has 1 aromatic carbocycles. The Hall–Kier alpha value is -2.73. The van der Waals surface area contributed by atoms with Crippen molar-refractivity contribution in [3.8, 4) is 22.8 Å². The molecule has 3 heterocycles. The fraction of sp³-hybridized carbons (Fsp3) is 0.348. The van der Waals surface area contributed by atoms with Gasteiger partial charge in [-0.3, -0.25) is 0 Å². The van der Waals surface area contributed by atoms with Crippen LogP contribution in [0.1, 0.15) is 49.8 Å². The normalized spacial score (nSPS) is 15.1. The summed E-state index contributed by atoms with van der Waals surface area (Å²) in [7, 11) is 0. The smallest absolute Gasteiger partial charge is 0.199 e. The summed E-state index contributed by atoms with van der Waals surface area (Å²) in [6.45, 7) is 2.92. The van der Waals surface area contributed by atoms with Crippen molar-refractivity contribution in [3.63, 3.8) is 0 Å². The molecule has 4 aromatic rings. The molecule has 1 saturated carbocycles. The van der Waals surface area contributed by atoms with Gasteiger partial charge in [0, 0.05) is 29.4 Å². The number of rotatable bonds is 5. The van der Waals surface area contributed by atoms with Gasteiger partial charge in [-0.15, -0.1) is 11.3 Å². The number of imidazole rings is 1. The van der Waals surface area contributed by atoms with Crippen LogP contribution in [-0.2, 0) is 0 Å². The molecule has 1 aliphatic carbocycles. The first-order valence-corrected chi connectivity index (χ1v) is 11.3. The zero-order chi connectivity index (χ0) is 19.6. The Kier molecular flexibility index (Phi) is 5.02. The lowest BCUT2D eigenvalue weighted by atomic mass is 9.85. The van der Waals surface area contributed by atoms with Crippen molar-refractivity contribution < 1.29 is 0 Å². The third-order valence-corrected chi connectivity index (χ3v) is 6.92. The molecular weight excluding hydrogens is 378 g/mol. The number of thiophene rings is 1. The largest absolute Gasteiger partial charge is 0.370 e. The molecule has 29 heavy (non-hydrogen) atoms. The van der Waals surface area contributed by atoms with Crippen molar-refractivity contribution in [2.45, 2.75) is 44.9 Å². The molecule has 5 rings (SSSR count). The number of fused-ring (bicyclic) bond motifs is 1. The summed E-state index contributed by atoms with van der Waals surface area (Å²) in [6.07, 6.45) is 10.1. The van der Waals surface area contributed by atoms with Crippen LogP contribution in [-0.4, -0.2) is 26.5 Å². The van der Waals surface area contributed by atoms with E-state index in [0.29, 0.717) is 17.6 Å². The summed E-state index contributed by atoms with van der Waals surface area (Å²) >= 11 is 1.84. The zero-order valence-corrected chi connectivity index (χ0v) is 17.4. The molecule has 2 N–H and O–H groups in total. The monoisotopic (exact) mass is 403 g/mol. The van der Waals surface area contributed by atoms with Gasteiger partial charge in [-0.05, 0) is 31.2 Å². The highest BCUT2D eigenvalue weighted by Crippen LogP contribution is 2.48. The van der Waals surface area contributed by atoms with Gasteiger partial charge in [0.25, 0.3) is 0 Å². The van der Waals surface area contributed by atoms with Gasteiger partial charge < -0.3 is 10.3 Å². The average molecular weight is 404 g/mol. The van der Waals surface area contributed by atoms with E-state index in [1.54, 1.807) is 6.20 Å². The molecule has 3 aromatic heterocycles. The molecule has 0 radical (unpaired) electrons. The molecule has 0 unspecified atom stereocenters. The second-order valence-corrected chi connectivity index (χ2v) is 8.62. The predicted molar refractivity (Wildman–Crippen MR) is 120 cm³/mol. The summed E-state index contributed by atoms with van der Waals surface area (Å²) in [5.74, 6) is 2.87. The van der Waals surface area contributed by atoms with Gasteiger partial charge in [0.05, 0.1) is 5.39 Å². The summed E-state index contributed by atoms with van der Waals surface area (Å²) in [5, 5.41) is 4.64. The van der Waals surface area contributed by atoms with E-state index in [0.717, 1.165) is 22.6 Å². The Morgan fingerprint density at radius 2 is 1.93 bits per heavy atom. The molecule has 0 amide bonds. The highest BCUT2D eigenvalue weighted by atomic mass is 32.1. The minimum atomic E-state index is 0.611. The standard InChI is InChI=1S/C23H25N5S/c1-2-24-20-18-17(15-9-5-3-6-10-15)19(16-11-7-4-8-12-16)29-23(18)28-22(27-20)21-25-13-14-26-21/h3,5-6,9-10,13-14,16H,2,4,7-8,11-12H2,1H3,(H,25,26)(H,24,27,28). The Labute approximate surface area is 174 Å². The van der Waals surface area contributed by atoms with Gasteiger partial charge in [-0.1, -0.05) is 49.6 Å². The SMILES string of the molecule is CCNc1nc(-c2ncc[nH]2)nc2sc(C3CCCCC3)c(-c3ccccc3)c12. The van der Waals surface area contributed by atoms with Crippen LogP contribution < -0.4 is 5.32 Å². The Morgan fingerprint density at radius 1 is 1.10 bits per heavy atom. The summed E-state index contributed by atoms with van der Waals surface area (Å²) in [6, 6.07) is 10.7. The van der Waals surface area contributed by atoms with Crippen LogP contribution in [0.15, 0.2) is 42.7 Å². The fourth-order valence-electron chi connectivity index (χ4n) is 4.35. The van der Waals surface area contributed by atoms with Crippen molar-refractivity contribution >= 4 is 27.4 Å². The number of nitrogens with zero attached hydrogens (tertiary/aromatic N) is 3. The molecule has 148 valence electrons. The molecule has 0 bridgehead atoms. The van der Waals surface area contributed by atoms with E-state index in [1.807, 2.05) is 17.5 Å². The van der Waals surface area contributed by atoms with Crippen molar-refractivity contribution in [1.82, 2.24) is 19.9 Å². The number of hydrogen-bond acceptors (Lipinski definition) is 5. The number of aromatic nitrogens is 4. The lowest BCUT2D eigenvalue weighted by Crippen LogP contribution is -2.05. The number of hydrogen-bond donors (Lipinski definition) is 2. The van der Waals surface area contributed by atoms with E-state index in [1.165, 1.54) is 48.1 Å². The van der Waals surface area contributed by atoms with Crippen molar-refractivity contribution in [1.29, 1.82) is 0 Å². The van der Waals surface area contributed by atoms with Crippen LogP contribution >= 0.6 is 11.3 Å². The molecule has 6 heteroatoms. The summed E-state index contributed by atoms with van der Waals surface area (Å²) in [4.78, 5) is 19.8. The zero-order valence-electron chi connectivity index (χ0n) is 16.6. The first-order valence-electron chi connectivity index (χ1n) is 10.5. The molecule has 5 nitrogen and oxygen atoms in total. The van der Waals surface area contributed by atoms with Crippen molar-refractivity contribution in [3.05, 3.63) is 47.6 Å². The average Bonchev–Trinajstić information content (AvgIpc) is 3.43. The van der Waals surface area contributed by atoms with Gasteiger partial charge in [-0.2, -0.15) is 0 Å². The molecule has 0 spiro atoms. The number of benzene rings is 1. The second-order valence-electron chi connectivity index (χ2n) is 7.59. The maximum Gasteiger partial charge on any atom is 0.199 e. The van der Waals surface area contributed by atoms with Crippen LogP contribution in [0.4, 0.5) is 5.82 Å². The van der Waals surface area contributed by atoms with E-state index < -0.39 is 0 Å². The van der Waals surface area contributed by atoms with Crippen LogP contribution in [0.25, 0.3) is 33.0 Å². The number of aromatic amines is 1. The van der Waals surface area contributed by atoms with E-state index in [4.69, 9.17) is 9.97 Å². The van der Waals surface area contributed by atoms with Crippen LogP contribution in [0.5, 0.6) is 0 Å². The van der Waals surface area contributed by atoms with Crippen LogP contribution in [0.2, 0.25) is 0 Å². The van der Waals surface area contributed by atoms with E-state index in [2.05, 4.69) is 52.5 Å². The number of H-pyrrole nitrogens is 1. The first kappa shape index (κ1) is 18.3.